The molecule has 0 rings (SSSR count). The highest BCUT2D eigenvalue weighted by Gasteiger charge is 1.95. The SMILES string of the molecule is CC/C(C)=C\CC/C=C\CCCCCCCC(=O)O. The van der Waals surface area contributed by atoms with Gasteiger partial charge in [0.2, 0.25) is 0 Å². The molecule has 1 N–H and O–H groups in total. The minimum Gasteiger partial charge on any atom is -0.481 e. The third-order valence-electron chi connectivity index (χ3n) is 3.31. The van der Waals surface area contributed by atoms with Crippen molar-refractivity contribution in [2.45, 2.75) is 78.1 Å². The smallest absolute Gasteiger partial charge is 0.303 e. The van der Waals surface area contributed by atoms with Crippen LogP contribution in [0.4, 0.5) is 0 Å². The van der Waals surface area contributed by atoms with Crippen LogP contribution in [0.2, 0.25) is 0 Å². The highest BCUT2D eigenvalue weighted by molar-refractivity contribution is 5.66. The van der Waals surface area contributed by atoms with Crippen molar-refractivity contribution >= 4 is 5.97 Å². The molecule has 0 saturated carbocycles. The van der Waals surface area contributed by atoms with Crippen molar-refractivity contribution in [2.75, 3.05) is 0 Å². The van der Waals surface area contributed by atoms with Crippen molar-refractivity contribution in [3.8, 4) is 0 Å². The van der Waals surface area contributed by atoms with Crippen LogP contribution >= 0.6 is 0 Å². The molecule has 0 aromatic carbocycles. The number of carbonyl (C=O) groups is 1. The molecule has 0 saturated heterocycles. The van der Waals surface area contributed by atoms with Gasteiger partial charge in [0, 0.05) is 6.42 Å². The monoisotopic (exact) mass is 266 g/mol. The summed E-state index contributed by atoms with van der Waals surface area (Å²) >= 11 is 0. The first-order valence-corrected chi connectivity index (χ1v) is 7.69. The molecule has 0 spiro atoms. The van der Waals surface area contributed by atoms with Gasteiger partial charge in [0.05, 0.1) is 0 Å². The molecule has 0 aliphatic carbocycles. The third-order valence-corrected chi connectivity index (χ3v) is 3.31. The van der Waals surface area contributed by atoms with Crippen LogP contribution in [0, 0.1) is 0 Å². The predicted octanol–water partition coefficient (Wildman–Crippen LogP) is 5.49. The molecular formula is C17H30O2. The maximum absolute atomic E-state index is 10.3. The number of hydrogen-bond acceptors (Lipinski definition) is 1. The van der Waals surface area contributed by atoms with Crippen molar-refractivity contribution < 1.29 is 9.90 Å². The molecule has 2 heteroatoms. The van der Waals surface area contributed by atoms with Crippen LogP contribution < -0.4 is 0 Å². The van der Waals surface area contributed by atoms with Crippen molar-refractivity contribution in [3.05, 3.63) is 23.8 Å². The summed E-state index contributed by atoms with van der Waals surface area (Å²) in [6.45, 7) is 4.38. The van der Waals surface area contributed by atoms with Crippen molar-refractivity contribution in [2.24, 2.45) is 0 Å². The fourth-order valence-electron chi connectivity index (χ4n) is 1.87. The van der Waals surface area contributed by atoms with Gasteiger partial charge in [0.1, 0.15) is 0 Å². The molecule has 0 aromatic rings. The summed E-state index contributed by atoms with van der Waals surface area (Å²) < 4.78 is 0. The third kappa shape index (κ3) is 14.9. The van der Waals surface area contributed by atoms with Gasteiger partial charge in [0.25, 0.3) is 0 Å². The standard InChI is InChI=1S/C17H30O2/c1-3-16(2)14-12-10-8-6-4-5-7-9-11-13-15-17(18)19/h6,8,14H,3-5,7,9-13,15H2,1-2H3,(H,18,19)/b8-6-,16-14-. The zero-order chi connectivity index (χ0) is 14.3. The summed E-state index contributed by atoms with van der Waals surface area (Å²) in [4.78, 5) is 10.3. The van der Waals surface area contributed by atoms with E-state index in [0.717, 1.165) is 38.5 Å². The zero-order valence-corrected chi connectivity index (χ0v) is 12.7. The van der Waals surface area contributed by atoms with Gasteiger partial charge in [0.15, 0.2) is 0 Å². The van der Waals surface area contributed by atoms with Crippen LogP contribution in [0.15, 0.2) is 23.8 Å². The molecule has 0 aliphatic heterocycles. The average Bonchev–Trinajstić information content (AvgIpc) is 2.39. The van der Waals surface area contributed by atoms with E-state index >= 15 is 0 Å². The topological polar surface area (TPSA) is 37.3 Å². The first-order valence-electron chi connectivity index (χ1n) is 7.69. The minimum atomic E-state index is -0.671. The number of rotatable bonds is 12. The van der Waals surface area contributed by atoms with Crippen molar-refractivity contribution in [1.29, 1.82) is 0 Å². The largest absolute Gasteiger partial charge is 0.481 e. The molecule has 0 aliphatic rings. The van der Waals surface area contributed by atoms with Gasteiger partial charge in [-0.3, -0.25) is 4.79 Å². The summed E-state index contributed by atoms with van der Waals surface area (Å²) in [7, 11) is 0. The molecule has 0 amide bonds. The fourth-order valence-corrected chi connectivity index (χ4v) is 1.87. The van der Waals surface area contributed by atoms with Crippen LogP contribution in [0.25, 0.3) is 0 Å². The number of aliphatic carboxylic acids is 1. The van der Waals surface area contributed by atoms with E-state index < -0.39 is 5.97 Å². The van der Waals surface area contributed by atoms with Crippen molar-refractivity contribution in [1.82, 2.24) is 0 Å². The molecule has 2 nitrogen and oxygen atoms in total. The van der Waals surface area contributed by atoms with Crippen LogP contribution in [-0.2, 0) is 4.79 Å². The van der Waals surface area contributed by atoms with Gasteiger partial charge in [-0.25, -0.2) is 0 Å². The fraction of sp³-hybridized carbons (Fsp3) is 0.706. The van der Waals surface area contributed by atoms with E-state index in [-0.39, 0.29) is 0 Å². The Bertz CT molecular complexity index is 277. The quantitative estimate of drug-likeness (QED) is 0.374. The molecule has 0 atom stereocenters. The maximum atomic E-state index is 10.3. The lowest BCUT2D eigenvalue weighted by Crippen LogP contribution is -1.93. The molecule has 0 fully saturated rings. The van der Waals surface area contributed by atoms with Gasteiger partial charge in [-0.05, 0) is 45.4 Å². The first kappa shape index (κ1) is 17.9. The number of allylic oxidation sites excluding steroid dienone is 4. The number of unbranched alkanes of at least 4 members (excludes halogenated alkanes) is 6. The molecule has 0 bridgehead atoms. The number of carboxylic acids is 1. The molecule has 110 valence electrons. The summed E-state index contributed by atoms with van der Waals surface area (Å²) in [5.41, 5.74) is 1.48. The second-order valence-electron chi connectivity index (χ2n) is 5.15. The Balaban J connectivity index is 3.23. The molecule has 19 heavy (non-hydrogen) atoms. The minimum absolute atomic E-state index is 0.324. The highest BCUT2D eigenvalue weighted by Crippen LogP contribution is 2.08. The second kappa shape index (κ2) is 13.4. The Morgan fingerprint density at radius 1 is 0.947 bits per heavy atom. The van der Waals surface area contributed by atoms with E-state index in [1.165, 1.54) is 24.8 Å². The van der Waals surface area contributed by atoms with E-state index in [9.17, 15) is 4.79 Å². The average molecular weight is 266 g/mol. The lowest BCUT2D eigenvalue weighted by molar-refractivity contribution is -0.137. The van der Waals surface area contributed by atoms with Crippen LogP contribution in [0.5, 0.6) is 0 Å². The molecule has 0 aromatic heterocycles. The van der Waals surface area contributed by atoms with E-state index in [4.69, 9.17) is 5.11 Å². The normalized spacial score (nSPS) is 12.2. The van der Waals surface area contributed by atoms with Gasteiger partial charge in [-0.2, -0.15) is 0 Å². The lowest BCUT2D eigenvalue weighted by Gasteiger charge is -1.98. The first-order chi connectivity index (χ1) is 9.16. The maximum Gasteiger partial charge on any atom is 0.303 e. The number of hydrogen-bond donors (Lipinski definition) is 1. The van der Waals surface area contributed by atoms with Crippen molar-refractivity contribution in [3.63, 3.8) is 0 Å². The Morgan fingerprint density at radius 3 is 2.26 bits per heavy atom. The summed E-state index contributed by atoms with van der Waals surface area (Å²) in [6.07, 6.45) is 17.3. The van der Waals surface area contributed by atoms with E-state index in [2.05, 4.69) is 32.1 Å². The Morgan fingerprint density at radius 2 is 1.58 bits per heavy atom. The highest BCUT2D eigenvalue weighted by atomic mass is 16.4. The number of carboxylic acid groups (broad SMARTS) is 1. The summed E-state index contributed by atoms with van der Waals surface area (Å²) in [5.74, 6) is -0.671. The molecule has 0 radical (unpaired) electrons. The van der Waals surface area contributed by atoms with Gasteiger partial charge >= 0.3 is 5.97 Å². The van der Waals surface area contributed by atoms with Gasteiger partial charge in [-0.15, -0.1) is 0 Å². The Hall–Kier alpha value is -1.05. The van der Waals surface area contributed by atoms with E-state index in [1.54, 1.807) is 0 Å². The second-order valence-corrected chi connectivity index (χ2v) is 5.15. The molecular weight excluding hydrogens is 236 g/mol. The van der Waals surface area contributed by atoms with Gasteiger partial charge in [-0.1, -0.05) is 50.0 Å². The predicted molar refractivity (Wildman–Crippen MR) is 82.4 cm³/mol. The summed E-state index contributed by atoms with van der Waals surface area (Å²) in [5, 5.41) is 8.49. The summed E-state index contributed by atoms with van der Waals surface area (Å²) in [6, 6.07) is 0. The van der Waals surface area contributed by atoms with E-state index in [0.29, 0.717) is 6.42 Å². The zero-order valence-electron chi connectivity index (χ0n) is 12.7. The van der Waals surface area contributed by atoms with Gasteiger partial charge < -0.3 is 5.11 Å². The lowest BCUT2D eigenvalue weighted by atomic mass is 10.1. The van der Waals surface area contributed by atoms with Crippen LogP contribution in [0.1, 0.15) is 78.1 Å². The van der Waals surface area contributed by atoms with Crippen LogP contribution in [-0.4, -0.2) is 11.1 Å². The van der Waals surface area contributed by atoms with Crippen LogP contribution in [0.3, 0.4) is 0 Å². The molecule has 0 heterocycles. The van der Waals surface area contributed by atoms with E-state index in [1.807, 2.05) is 0 Å². The Labute approximate surface area is 118 Å². The Kier molecular flexibility index (Phi) is 12.6. The molecule has 0 unspecified atom stereocenters.